The molecule has 1 heterocycles. The lowest BCUT2D eigenvalue weighted by atomic mass is 9.79. The molecule has 25 heavy (non-hydrogen) atoms. The Hall–Kier alpha value is -1.90. The van der Waals surface area contributed by atoms with Crippen molar-refractivity contribution in [1.29, 1.82) is 0 Å². The van der Waals surface area contributed by atoms with Gasteiger partial charge in [-0.05, 0) is 54.7 Å². The summed E-state index contributed by atoms with van der Waals surface area (Å²) in [6, 6.07) is 11.7. The van der Waals surface area contributed by atoms with Crippen molar-refractivity contribution >= 4 is 5.69 Å². The van der Waals surface area contributed by atoms with Gasteiger partial charge in [0, 0.05) is 37.2 Å². The highest BCUT2D eigenvalue weighted by Gasteiger charge is 2.43. The molecule has 2 aliphatic rings. The van der Waals surface area contributed by atoms with Crippen molar-refractivity contribution in [2.24, 2.45) is 0 Å². The number of rotatable bonds is 2. The highest BCUT2D eigenvalue weighted by atomic mass is 19.3. The molecule has 0 bridgehead atoms. The topological polar surface area (TPSA) is 3.24 Å². The lowest BCUT2D eigenvalue weighted by molar-refractivity contribution is 0.0180. The number of likely N-dealkylation sites (N-methyl/N-ethyl adjacent to an activating group) is 1. The van der Waals surface area contributed by atoms with Crippen LogP contribution in [0, 0.1) is 6.92 Å². The van der Waals surface area contributed by atoms with E-state index in [-0.39, 0.29) is 11.0 Å². The Morgan fingerprint density at radius 1 is 1.04 bits per heavy atom. The van der Waals surface area contributed by atoms with E-state index in [1.54, 1.807) is 6.07 Å². The number of anilines is 1. The summed E-state index contributed by atoms with van der Waals surface area (Å²) in [7, 11) is 2.14. The van der Waals surface area contributed by atoms with Crippen LogP contribution in [0.1, 0.15) is 49.3 Å². The Bertz CT molecular complexity index is 813. The van der Waals surface area contributed by atoms with Gasteiger partial charge in [0.2, 0.25) is 0 Å². The molecule has 1 fully saturated rings. The van der Waals surface area contributed by atoms with Crippen molar-refractivity contribution < 1.29 is 8.78 Å². The number of hydrogen-bond acceptors (Lipinski definition) is 1. The molecule has 0 saturated heterocycles. The molecule has 0 N–H and O–H groups in total. The summed E-state index contributed by atoms with van der Waals surface area (Å²) < 4.78 is 28.4. The van der Waals surface area contributed by atoms with E-state index < -0.39 is 5.92 Å². The van der Waals surface area contributed by atoms with Crippen molar-refractivity contribution in [3.63, 3.8) is 0 Å². The summed E-state index contributed by atoms with van der Waals surface area (Å²) in [6.07, 6.45) is 4.94. The maximum absolute atomic E-state index is 14.2. The Morgan fingerprint density at radius 2 is 1.76 bits per heavy atom. The number of nitrogens with zero attached hydrogens (tertiary/aromatic N) is 1. The van der Waals surface area contributed by atoms with Gasteiger partial charge in [-0.15, -0.1) is 0 Å². The summed E-state index contributed by atoms with van der Waals surface area (Å²) in [5, 5.41) is 0. The number of alkyl halides is 2. The molecule has 0 atom stereocenters. The van der Waals surface area contributed by atoms with Gasteiger partial charge in [-0.25, -0.2) is 8.78 Å². The molecular weight excluding hydrogens is 316 g/mol. The highest BCUT2D eigenvalue weighted by molar-refractivity contribution is 5.75. The minimum Gasteiger partial charge on any atom is -0.373 e. The van der Waals surface area contributed by atoms with Crippen LogP contribution in [0.2, 0.25) is 0 Å². The predicted octanol–water partition coefficient (Wildman–Crippen LogP) is 6.04. The van der Waals surface area contributed by atoms with E-state index in [2.05, 4.69) is 24.1 Å². The van der Waals surface area contributed by atoms with E-state index in [0.717, 1.165) is 24.6 Å². The Labute approximate surface area is 148 Å². The third kappa shape index (κ3) is 2.65. The maximum Gasteiger partial charge on any atom is 0.271 e. The smallest absolute Gasteiger partial charge is 0.271 e. The van der Waals surface area contributed by atoms with E-state index in [1.807, 2.05) is 25.1 Å². The second kappa shape index (κ2) is 5.55. The Morgan fingerprint density at radius 3 is 2.44 bits per heavy atom. The van der Waals surface area contributed by atoms with Crippen LogP contribution in [0.3, 0.4) is 0 Å². The molecule has 0 amide bonds. The minimum absolute atomic E-state index is 0.124. The molecule has 0 unspecified atom stereocenters. The average Bonchev–Trinajstić information content (AvgIpc) is 3.13. The van der Waals surface area contributed by atoms with Crippen molar-refractivity contribution in [3.8, 4) is 11.1 Å². The van der Waals surface area contributed by atoms with Gasteiger partial charge in [-0.2, -0.15) is 0 Å². The second-order valence-electron chi connectivity index (χ2n) is 8.01. The normalized spacial score (nSPS) is 18.8. The first-order chi connectivity index (χ1) is 11.8. The average molecular weight is 341 g/mol. The van der Waals surface area contributed by atoms with Crippen LogP contribution in [-0.2, 0) is 11.3 Å². The highest BCUT2D eigenvalue weighted by Crippen LogP contribution is 2.51. The quantitative estimate of drug-likeness (QED) is 0.644. The number of fused-ring (bicyclic) bond motifs is 2. The largest absolute Gasteiger partial charge is 0.373 e. The SMILES string of the molecule is Cc1ccc(-c2ccc3c(c2)C2(CCCC2)CN3C)c(C(C)(F)F)c1. The van der Waals surface area contributed by atoms with Gasteiger partial charge in [0.25, 0.3) is 5.92 Å². The van der Waals surface area contributed by atoms with E-state index in [0.29, 0.717) is 5.56 Å². The Kier molecular flexibility index (Phi) is 3.68. The molecule has 1 saturated carbocycles. The number of aryl methyl sites for hydroxylation is 1. The van der Waals surface area contributed by atoms with Crippen molar-refractivity contribution in [2.75, 3.05) is 18.5 Å². The zero-order valence-electron chi connectivity index (χ0n) is 15.2. The number of halogens is 2. The molecule has 0 radical (unpaired) electrons. The van der Waals surface area contributed by atoms with E-state index >= 15 is 0 Å². The fourth-order valence-corrected chi connectivity index (χ4v) is 4.84. The van der Waals surface area contributed by atoms with Gasteiger partial charge < -0.3 is 4.90 Å². The number of benzene rings is 2. The molecule has 1 nitrogen and oxygen atoms in total. The molecular formula is C22H25F2N. The fraction of sp³-hybridized carbons (Fsp3) is 0.455. The number of hydrogen-bond donors (Lipinski definition) is 0. The standard InChI is InChI=1S/C22H25F2N/c1-15-6-8-17(18(12-15)21(2,23)24)16-7-9-20-19(13-16)22(14-25(20)3)10-4-5-11-22/h6-9,12-13H,4-5,10-11,14H2,1-3H3. The summed E-state index contributed by atoms with van der Waals surface area (Å²) in [5.41, 5.74) is 5.41. The molecule has 2 aromatic carbocycles. The first-order valence-corrected chi connectivity index (χ1v) is 9.15. The van der Waals surface area contributed by atoms with Gasteiger partial charge in [0.1, 0.15) is 0 Å². The first kappa shape index (κ1) is 16.6. The molecule has 132 valence electrons. The Balaban J connectivity index is 1.87. The van der Waals surface area contributed by atoms with Gasteiger partial charge in [0.15, 0.2) is 0 Å². The molecule has 4 rings (SSSR count). The zero-order chi connectivity index (χ0) is 17.8. The van der Waals surface area contributed by atoms with Gasteiger partial charge >= 0.3 is 0 Å². The van der Waals surface area contributed by atoms with Gasteiger partial charge in [-0.3, -0.25) is 0 Å². The second-order valence-corrected chi connectivity index (χ2v) is 8.01. The van der Waals surface area contributed by atoms with Crippen LogP contribution in [0.4, 0.5) is 14.5 Å². The van der Waals surface area contributed by atoms with Crippen molar-refractivity contribution in [1.82, 2.24) is 0 Å². The molecule has 1 aliphatic carbocycles. The molecule has 0 aromatic heterocycles. The lowest BCUT2D eigenvalue weighted by Crippen LogP contribution is -2.28. The van der Waals surface area contributed by atoms with Gasteiger partial charge in [0.05, 0.1) is 0 Å². The third-order valence-electron chi connectivity index (χ3n) is 6.04. The summed E-state index contributed by atoms with van der Waals surface area (Å²) in [5.74, 6) is -2.85. The van der Waals surface area contributed by atoms with Crippen LogP contribution in [0.5, 0.6) is 0 Å². The molecule has 2 aromatic rings. The summed E-state index contributed by atoms with van der Waals surface area (Å²) >= 11 is 0. The van der Waals surface area contributed by atoms with Crippen LogP contribution < -0.4 is 4.90 Å². The van der Waals surface area contributed by atoms with Crippen LogP contribution in [0.25, 0.3) is 11.1 Å². The predicted molar refractivity (Wildman–Crippen MR) is 99.6 cm³/mol. The van der Waals surface area contributed by atoms with Crippen LogP contribution >= 0.6 is 0 Å². The van der Waals surface area contributed by atoms with Crippen molar-refractivity contribution in [2.45, 2.75) is 50.9 Å². The first-order valence-electron chi connectivity index (χ1n) is 9.15. The van der Waals surface area contributed by atoms with Crippen LogP contribution in [-0.4, -0.2) is 13.6 Å². The lowest BCUT2D eigenvalue weighted by Gasteiger charge is -2.24. The molecule has 1 spiro atoms. The molecule has 3 heteroatoms. The monoisotopic (exact) mass is 341 g/mol. The zero-order valence-corrected chi connectivity index (χ0v) is 15.2. The third-order valence-corrected chi connectivity index (χ3v) is 6.04. The molecule has 1 aliphatic heterocycles. The van der Waals surface area contributed by atoms with E-state index in [9.17, 15) is 8.78 Å². The summed E-state index contributed by atoms with van der Waals surface area (Å²) in [6.45, 7) is 3.91. The minimum atomic E-state index is -2.85. The van der Waals surface area contributed by atoms with E-state index in [4.69, 9.17) is 0 Å². The van der Waals surface area contributed by atoms with Crippen molar-refractivity contribution in [3.05, 3.63) is 53.1 Å². The van der Waals surface area contributed by atoms with Gasteiger partial charge in [-0.1, -0.05) is 36.6 Å². The maximum atomic E-state index is 14.2. The fourth-order valence-electron chi connectivity index (χ4n) is 4.84. The van der Waals surface area contributed by atoms with E-state index in [1.165, 1.54) is 36.9 Å². The summed E-state index contributed by atoms with van der Waals surface area (Å²) in [4.78, 5) is 2.33. The van der Waals surface area contributed by atoms with Crippen LogP contribution in [0.15, 0.2) is 36.4 Å².